The second-order valence-corrected chi connectivity index (χ2v) is 12.8. The highest BCUT2D eigenvalue weighted by Crippen LogP contribution is 2.33. The van der Waals surface area contributed by atoms with Crippen LogP contribution in [-0.2, 0) is 35.5 Å². The Morgan fingerprint density at radius 3 is 2.50 bits per heavy atom. The molecule has 2 heterocycles. The van der Waals surface area contributed by atoms with Gasteiger partial charge in [0.05, 0.1) is 55.9 Å². The third kappa shape index (κ3) is 7.61. The van der Waals surface area contributed by atoms with Crippen molar-refractivity contribution in [3.63, 3.8) is 0 Å². The first-order valence-electron chi connectivity index (χ1n) is 14.6. The van der Waals surface area contributed by atoms with Crippen molar-refractivity contribution in [2.24, 2.45) is 5.92 Å². The number of hydrogen-bond acceptors (Lipinski definition) is 9. The maximum Gasteiger partial charge on any atom is 0.407 e. The molecule has 5 rings (SSSR count). The van der Waals surface area contributed by atoms with Gasteiger partial charge in [-0.2, -0.15) is 0 Å². The van der Waals surface area contributed by atoms with Crippen LogP contribution in [0.25, 0.3) is 0 Å². The number of aliphatic hydroxyl groups excluding tert-OH is 1. The smallest absolute Gasteiger partial charge is 0.407 e. The predicted molar refractivity (Wildman–Crippen MR) is 152 cm³/mol. The maximum absolute atomic E-state index is 13.8. The first kappa shape index (κ1) is 30.7. The minimum absolute atomic E-state index is 0.00728. The number of aliphatic hydroxyl groups is 1. The summed E-state index contributed by atoms with van der Waals surface area (Å²) in [5, 5.41) is 14.3. The van der Waals surface area contributed by atoms with Crippen LogP contribution < -0.4 is 10.1 Å². The normalized spacial score (nSPS) is 24.2. The van der Waals surface area contributed by atoms with Gasteiger partial charge in [0.1, 0.15) is 11.9 Å². The molecule has 2 aromatic carbocycles. The maximum atomic E-state index is 13.8. The van der Waals surface area contributed by atoms with E-state index in [2.05, 4.69) is 5.32 Å². The van der Waals surface area contributed by atoms with Crippen molar-refractivity contribution in [3.8, 4) is 5.75 Å². The average molecular weight is 605 g/mol. The zero-order chi connectivity index (χ0) is 29.5. The van der Waals surface area contributed by atoms with Crippen LogP contribution in [0.1, 0.15) is 44.1 Å². The summed E-state index contributed by atoms with van der Waals surface area (Å²) in [5.41, 5.74) is 0.855. The highest BCUT2D eigenvalue weighted by atomic mass is 32.2. The molecule has 11 nitrogen and oxygen atoms in total. The minimum atomic E-state index is -4.16. The van der Waals surface area contributed by atoms with Gasteiger partial charge in [0.15, 0.2) is 6.29 Å². The van der Waals surface area contributed by atoms with E-state index in [1.165, 1.54) is 19.2 Å². The number of fused-ring (bicyclic) bond motifs is 1. The molecule has 1 aliphatic carbocycles. The number of amides is 1. The number of sulfonamides is 1. The quantitative estimate of drug-likeness (QED) is 0.350. The highest BCUT2D eigenvalue weighted by molar-refractivity contribution is 7.89. The van der Waals surface area contributed by atoms with Gasteiger partial charge in [-0.3, -0.25) is 4.84 Å². The number of carbonyl (C=O) groups excluding carboxylic acids is 1. The highest BCUT2D eigenvalue weighted by Gasteiger charge is 2.44. The summed E-state index contributed by atoms with van der Waals surface area (Å²) in [4.78, 5) is 19.1. The summed E-state index contributed by atoms with van der Waals surface area (Å²) in [5.74, 6) is 0.477. The molecule has 42 heavy (non-hydrogen) atoms. The van der Waals surface area contributed by atoms with E-state index in [0.717, 1.165) is 48.6 Å². The zero-order valence-electron chi connectivity index (χ0n) is 23.8. The molecule has 230 valence electrons. The Bertz CT molecular complexity index is 1260. The molecule has 2 aliphatic heterocycles. The average Bonchev–Trinajstić information content (AvgIpc) is 3.63. The van der Waals surface area contributed by atoms with Gasteiger partial charge in [-0.05, 0) is 55.5 Å². The minimum Gasteiger partial charge on any atom is -0.497 e. The summed E-state index contributed by atoms with van der Waals surface area (Å²) >= 11 is 0. The van der Waals surface area contributed by atoms with Gasteiger partial charge in [0.2, 0.25) is 0 Å². The summed E-state index contributed by atoms with van der Waals surface area (Å²) in [6.45, 7) is 0.386. The van der Waals surface area contributed by atoms with Gasteiger partial charge in [-0.25, -0.2) is 13.2 Å². The van der Waals surface area contributed by atoms with Crippen LogP contribution >= 0.6 is 0 Å². The van der Waals surface area contributed by atoms with Crippen LogP contribution in [-0.4, -0.2) is 81.6 Å². The fourth-order valence-corrected chi connectivity index (χ4v) is 7.00. The summed E-state index contributed by atoms with van der Waals surface area (Å²) < 4.78 is 50.4. The number of nitrogens with one attached hydrogen (secondary N) is 1. The number of alkyl carbamates (subject to hydrolysis) is 1. The first-order chi connectivity index (χ1) is 20.3. The Kier molecular flexibility index (Phi) is 10.3. The fourth-order valence-electron chi connectivity index (χ4n) is 5.70. The first-order valence-corrected chi connectivity index (χ1v) is 16.0. The van der Waals surface area contributed by atoms with Gasteiger partial charge in [0.25, 0.3) is 10.0 Å². The molecule has 2 N–H and O–H groups in total. The lowest BCUT2D eigenvalue weighted by Crippen LogP contribution is -2.51. The summed E-state index contributed by atoms with van der Waals surface area (Å²) in [6.07, 6.45) is 2.18. The molecular formula is C30H40N2O9S. The largest absolute Gasteiger partial charge is 0.497 e. The van der Waals surface area contributed by atoms with E-state index in [4.69, 9.17) is 23.8 Å². The molecule has 0 aromatic heterocycles. The van der Waals surface area contributed by atoms with Crippen LogP contribution in [0, 0.1) is 5.92 Å². The molecule has 3 aliphatic rings. The van der Waals surface area contributed by atoms with Crippen molar-refractivity contribution in [3.05, 3.63) is 60.2 Å². The van der Waals surface area contributed by atoms with Crippen LogP contribution in [0.15, 0.2) is 59.5 Å². The second-order valence-electron chi connectivity index (χ2n) is 11.0. The van der Waals surface area contributed by atoms with E-state index in [9.17, 15) is 18.3 Å². The van der Waals surface area contributed by atoms with Gasteiger partial charge < -0.3 is 29.4 Å². The molecule has 2 aromatic rings. The number of nitrogens with zero attached hydrogens (tertiary/aromatic N) is 1. The SMILES string of the molecule is COc1ccc(S(=O)(=O)N(C[C@H](O)[C@H](Cc2ccccc2)NC(=O)O[C@H]2CO[C@H]3OCC[C@H]32)OC2CCCCC2)cc1. The van der Waals surface area contributed by atoms with Crippen molar-refractivity contribution in [1.29, 1.82) is 0 Å². The Balaban J connectivity index is 1.34. The van der Waals surface area contributed by atoms with Gasteiger partial charge >= 0.3 is 6.09 Å². The van der Waals surface area contributed by atoms with Crippen molar-refractivity contribution in [1.82, 2.24) is 9.79 Å². The van der Waals surface area contributed by atoms with Crippen LogP contribution in [0.2, 0.25) is 0 Å². The Labute approximate surface area is 247 Å². The molecule has 0 unspecified atom stereocenters. The molecule has 1 amide bonds. The van der Waals surface area contributed by atoms with Crippen molar-refractivity contribution in [2.45, 2.75) is 80.5 Å². The molecule has 12 heteroatoms. The van der Waals surface area contributed by atoms with Crippen LogP contribution in [0.4, 0.5) is 4.79 Å². The van der Waals surface area contributed by atoms with Crippen molar-refractivity contribution in [2.75, 3.05) is 26.9 Å². The van der Waals surface area contributed by atoms with E-state index in [1.54, 1.807) is 12.1 Å². The molecule has 0 radical (unpaired) electrons. The Morgan fingerprint density at radius 1 is 1.05 bits per heavy atom. The van der Waals surface area contributed by atoms with Crippen LogP contribution in [0.5, 0.6) is 5.75 Å². The Hall–Kier alpha value is -2.74. The Morgan fingerprint density at radius 2 is 1.79 bits per heavy atom. The molecule has 0 bridgehead atoms. The lowest BCUT2D eigenvalue weighted by atomic mass is 9.98. The number of benzene rings is 2. The van der Waals surface area contributed by atoms with Gasteiger partial charge in [0, 0.05) is 0 Å². The van der Waals surface area contributed by atoms with E-state index in [1.807, 2.05) is 30.3 Å². The zero-order valence-corrected chi connectivity index (χ0v) is 24.6. The lowest BCUT2D eigenvalue weighted by molar-refractivity contribution is -0.156. The van der Waals surface area contributed by atoms with Gasteiger partial charge in [-0.1, -0.05) is 54.1 Å². The monoisotopic (exact) mass is 604 g/mol. The second kappa shape index (κ2) is 14.2. The molecule has 5 atom stereocenters. The lowest BCUT2D eigenvalue weighted by Gasteiger charge is -2.32. The summed E-state index contributed by atoms with van der Waals surface area (Å²) in [7, 11) is -2.66. The number of rotatable bonds is 12. The third-order valence-electron chi connectivity index (χ3n) is 8.09. The van der Waals surface area contributed by atoms with E-state index in [-0.39, 0.29) is 36.2 Å². The molecular weight excluding hydrogens is 564 g/mol. The molecule has 2 saturated heterocycles. The number of carbonyl (C=O) groups is 1. The molecule has 1 saturated carbocycles. The number of ether oxygens (including phenoxy) is 4. The topological polar surface area (TPSA) is 133 Å². The molecule has 0 spiro atoms. The standard InChI is InChI=1S/C30H40N2O9S/c1-37-22-12-14-24(15-13-22)42(35,36)32(41-23-10-6-3-7-11-23)19-27(33)26(18-21-8-4-2-5-9-21)31-30(34)40-28-20-39-29-25(28)16-17-38-29/h2,4-5,8-9,12-15,23,25-29,33H,3,6-7,10-11,16-20H2,1H3,(H,31,34)/t25-,26-,27-,28-,29+/m0/s1. The summed E-state index contributed by atoms with van der Waals surface area (Å²) in [6, 6.07) is 14.5. The number of hydroxylamine groups is 1. The predicted octanol–water partition coefficient (Wildman–Crippen LogP) is 3.41. The van der Waals surface area contributed by atoms with E-state index in [0.29, 0.717) is 12.4 Å². The van der Waals surface area contributed by atoms with Crippen molar-refractivity contribution >= 4 is 16.1 Å². The number of hydrogen-bond donors (Lipinski definition) is 2. The van der Waals surface area contributed by atoms with E-state index < -0.39 is 40.9 Å². The molecule has 3 fully saturated rings. The van der Waals surface area contributed by atoms with E-state index >= 15 is 0 Å². The third-order valence-corrected chi connectivity index (χ3v) is 9.73. The van der Waals surface area contributed by atoms with Crippen molar-refractivity contribution < 1.29 is 42.1 Å². The van der Waals surface area contributed by atoms with Crippen LogP contribution in [0.3, 0.4) is 0 Å². The van der Waals surface area contributed by atoms with Gasteiger partial charge in [-0.15, -0.1) is 0 Å². The fraction of sp³-hybridized carbons (Fsp3) is 0.567. The number of methoxy groups -OCH3 is 1.